The van der Waals surface area contributed by atoms with E-state index >= 15 is 0 Å². The molecule has 0 spiro atoms. The van der Waals surface area contributed by atoms with Crippen molar-refractivity contribution in [2.75, 3.05) is 0 Å². The lowest BCUT2D eigenvalue weighted by Crippen LogP contribution is -2.40. The maximum Gasteiger partial charge on any atom is 0.109 e. The van der Waals surface area contributed by atoms with E-state index in [-0.39, 0.29) is 23.1 Å². The largest absolute Gasteiger partial charge is 0.368 e. The molecule has 5 atom stereocenters. The highest BCUT2D eigenvalue weighted by molar-refractivity contribution is 7.96. The molecule has 3 aliphatic heterocycles. The van der Waals surface area contributed by atoms with Gasteiger partial charge in [0.15, 0.2) is 0 Å². The molecule has 0 aromatic carbocycles. The van der Waals surface area contributed by atoms with E-state index in [2.05, 4.69) is 5.87 Å². The first-order chi connectivity index (χ1) is 5.52. The second kappa shape index (κ2) is 1.74. The minimum Gasteiger partial charge on any atom is -0.368 e. The van der Waals surface area contributed by atoms with Crippen LogP contribution in [-0.2, 0) is 18.7 Å². The van der Waals surface area contributed by atoms with Gasteiger partial charge in [-0.3, -0.25) is 4.18 Å². The second-order valence-corrected chi connectivity index (χ2v) is 6.22. The first-order valence-electron chi connectivity index (χ1n) is 4.24. The first-order valence-corrected chi connectivity index (χ1v) is 5.96. The van der Waals surface area contributed by atoms with Gasteiger partial charge >= 0.3 is 0 Å². The van der Waals surface area contributed by atoms with Gasteiger partial charge in [-0.05, 0) is 19.2 Å². The predicted molar refractivity (Wildman–Crippen MR) is 46.4 cm³/mol. The van der Waals surface area contributed by atoms with Gasteiger partial charge in [-0.25, -0.2) is 4.21 Å². The number of ether oxygens (including phenoxy) is 1. The summed E-state index contributed by atoms with van der Waals surface area (Å²) >= 11 is 0. The molecule has 0 saturated carbocycles. The molecule has 3 heterocycles. The molecule has 3 saturated heterocycles. The molecule has 5 unspecified atom stereocenters. The minimum absolute atomic E-state index is 0.0336. The van der Waals surface area contributed by atoms with Gasteiger partial charge < -0.3 is 4.74 Å². The molecule has 4 heteroatoms. The van der Waals surface area contributed by atoms with E-state index in [0.29, 0.717) is 0 Å². The SMILES string of the molecule is C=S1(=O)OC2CC3CC1C2(C)O3. The lowest BCUT2D eigenvalue weighted by atomic mass is 9.87. The van der Waals surface area contributed by atoms with Gasteiger partial charge in [0.05, 0.1) is 21.2 Å². The molecule has 0 aromatic heterocycles. The standard InChI is InChI=1S/C8H12O3S/c1-8-6-3-5(10-8)4-7(8)12(2,9)11-6/h5-7H,2-4H2,1H3. The summed E-state index contributed by atoms with van der Waals surface area (Å²) in [6, 6.07) is 0. The average molecular weight is 188 g/mol. The van der Waals surface area contributed by atoms with Gasteiger partial charge in [-0.2, -0.15) is 0 Å². The van der Waals surface area contributed by atoms with Gasteiger partial charge in [0.2, 0.25) is 0 Å². The van der Waals surface area contributed by atoms with Crippen molar-refractivity contribution in [3.05, 3.63) is 0 Å². The van der Waals surface area contributed by atoms with Gasteiger partial charge in [-0.1, -0.05) is 0 Å². The van der Waals surface area contributed by atoms with Crippen LogP contribution in [0.1, 0.15) is 19.8 Å². The van der Waals surface area contributed by atoms with E-state index in [1.807, 2.05) is 6.92 Å². The van der Waals surface area contributed by atoms with E-state index in [4.69, 9.17) is 8.92 Å². The zero-order valence-corrected chi connectivity index (χ0v) is 7.80. The summed E-state index contributed by atoms with van der Waals surface area (Å²) < 4.78 is 23.0. The molecule has 3 fully saturated rings. The fourth-order valence-corrected chi connectivity index (χ4v) is 4.98. The van der Waals surface area contributed by atoms with Gasteiger partial charge in [0.25, 0.3) is 0 Å². The van der Waals surface area contributed by atoms with Crippen LogP contribution in [0.2, 0.25) is 0 Å². The summed E-state index contributed by atoms with van der Waals surface area (Å²) in [5.41, 5.74) is -0.288. The molecule has 0 amide bonds. The molecule has 3 nitrogen and oxygen atoms in total. The second-order valence-electron chi connectivity index (χ2n) is 4.13. The minimum atomic E-state index is -2.31. The zero-order valence-electron chi connectivity index (χ0n) is 6.99. The van der Waals surface area contributed by atoms with Crippen LogP contribution in [0.4, 0.5) is 0 Å². The quantitative estimate of drug-likeness (QED) is 0.514. The van der Waals surface area contributed by atoms with Crippen molar-refractivity contribution in [2.45, 2.75) is 42.8 Å². The number of fused-ring (bicyclic) bond motifs is 1. The van der Waals surface area contributed by atoms with E-state index in [1.165, 1.54) is 0 Å². The van der Waals surface area contributed by atoms with Crippen LogP contribution >= 0.6 is 0 Å². The normalized spacial score (nSPS) is 67.6. The monoisotopic (exact) mass is 188 g/mol. The van der Waals surface area contributed by atoms with Gasteiger partial charge in [0.1, 0.15) is 11.7 Å². The van der Waals surface area contributed by atoms with Crippen molar-refractivity contribution in [1.29, 1.82) is 0 Å². The highest BCUT2D eigenvalue weighted by atomic mass is 32.2. The lowest BCUT2D eigenvalue weighted by molar-refractivity contribution is 0.00138. The van der Waals surface area contributed by atoms with E-state index in [1.54, 1.807) is 0 Å². The Morgan fingerprint density at radius 2 is 2.33 bits per heavy atom. The fourth-order valence-electron chi connectivity index (χ4n) is 2.76. The van der Waals surface area contributed by atoms with Crippen molar-refractivity contribution in [3.8, 4) is 0 Å². The van der Waals surface area contributed by atoms with Crippen LogP contribution in [0, 0.1) is 0 Å². The maximum absolute atomic E-state index is 11.8. The van der Waals surface area contributed by atoms with Crippen LogP contribution in [0.15, 0.2) is 0 Å². The molecule has 3 rings (SSSR count). The Morgan fingerprint density at radius 3 is 2.83 bits per heavy atom. The summed E-state index contributed by atoms with van der Waals surface area (Å²) in [4.78, 5) is 0. The third kappa shape index (κ3) is 0.615. The van der Waals surface area contributed by atoms with Crippen LogP contribution in [0.25, 0.3) is 0 Å². The third-order valence-electron chi connectivity index (χ3n) is 3.37. The van der Waals surface area contributed by atoms with E-state index < -0.39 is 9.80 Å². The third-order valence-corrected chi connectivity index (χ3v) is 5.45. The zero-order chi connectivity index (χ0) is 8.56. The molecular weight excluding hydrogens is 176 g/mol. The molecule has 68 valence electrons. The van der Waals surface area contributed by atoms with E-state index in [0.717, 1.165) is 12.8 Å². The summed E-state index contributed by atoms with van der Waals surface area (Å²) in [5.74, 6) is 3.66. The summed E-state index contributed by atoms with van der Waals surface area (Å²) in [5, 5.41) is 0.0359. The summed E-state index contributed by atoms with van der Waals surface area (Å²) in [6.07, 6.45) is 2.08. The summed E-state index contributed by atoms with van der Waals surface area (Å²) in [7, 11) is -2.31. The predicted octanol–water partition coefficient (Wildman–Crippen LogP) is 0.337. The van der Waals surface area contributed by atoms with Crippen molar-refractivity contribution in [1.82, 2.24) is 0 Å². The number of hydrogen-bond donors (Lipinski definition) is 0. The highest BCUT2D eigenvalue weighted by Gasteiger charge is 2.65. The van der Waals surface area contributed by atoms with Crippen molar-refractivity contribution in [3.63, 3.8) is 0 Å². The fraction of sp³-hybridized carbons (Fsp3) is 0.875. The molecule has 0 aromatic rings. The molecular formula is C8H12O3S. The highest BCUT2D eigenvalue weighted by Crippen LogP contribution is 2.53. The summed E-state index contributed by atoms with van der Waals surface area (Å²) in [6.45, 7) is 2.01. The Morgan fingerprint density at radius 1 is 1.58 bits per heavy atom. The Hall–Kier alpha value is -0.0600. The van der Waals surface area contributed by atoms with Crippen LogP contribution in [0.3, 0.4) is 0 Å². The molecule has 12 heavy (non-hydrogen) atoms. The van der Waals surface area contributed by atoms with Crippen molar-refractivity contribution >= 4 is 15.7 Å². The lowest BCUT2D eigenvalue weighted by Gasteiger charge is -2.22. The first kappa shape index (κ1) is 7.35. The Kier molecular flexibility index (Phi) is 1.06. The Labute approximate surface area is 72.3 Å². The average Bonchev–Trinajstić information content (AvgIpc) is 2.39. The van der Waals surface area contributed by atoms with Crippen molar-refractivity contribution in [2.24, 2.45) is 0 Å². The van der Waals surface area contributed by atoms with E-state index in [9.17, 15) is 4.21 Å². The topological polar surface area (TPSA) is 35.5 Å². The number of hydrogen-bond acceptors (Lipinski definition) is 3. The molecule has 0 radical (unpaired) electrons. The van der Waals surface area contributed by atoms with Crippen LogP contribution < -0.4 is 0 Å². The molecule has 0 aliphatic carbocycles. The molecule has 3 aliphatic rings. The smallest absolute Gasteiger partial charge is 0.109 e. The van der Waals surface area contributed by atoms with Crippen molar-refractivity contribution < 1.29 is 13.1 Å². The van der Waals surface area contributed by atoms with Crippen LogP contribution in [0.5, 0.6) is 0 Å². The number of rotatable bonds is 0. The van der Waals surface area contributed by atoms with Gasteiger partial charge in [-0.15, -0.1) is 0 Å². The van der Waals surface area contributed by atoms with Gasteiger partial charge in [0, 0.05) is 6.42 Å². The Balaban J connectivity index is 2.20. The maximum atomic E-state index is 11.8. The molecule has 2 bridgehead atoms. The molecule has 0 N–H and O–H groups in total. The van der Waals surface area contributed by atoms with Crippen LogP contribution in [-0.4, -0.2) is 33.1 Å². The Bertz CT molecular complexity index is 334.